The quantitative estimate of drug-likeness (QED) is 0.788. The standard InChI is InChI=1S/C16H27N3/c1-16(2,3)15(17)13-10-19-8-6-11(7-9-19)14(13)18-12-4-5-12/h11-12H,4-10,17H2,1-3H3/b15-13-,18-14?. The Morgan fingerprint density at radius 3 is 2.32 bits per heavy atom. The van der Waals surface area contributed by atoms with Crippen LogP contribution in [0.5, 0.6) is 0 Å². The first-order valence-electron chi connectivity index (χ1n) is 7.74. The molecule has 0 atom stereocenters. The van der Waals surface area contributed by atoms with Crippen LogP contribution in [0.15, 0.2) is 16.3 Å². The highest BCUT2D eigenvalue weighted by atomic mass is 15.1. The molecule has 4 fully saturated rings. The van der Waals surface area contributed by atoms with Crippen molar-refractivity contribution in [2.24, 2.45) is 22.1 Å². The van der Waals surface area contributed by atoms with Gasteiger partial charge in [-0.15, -0.1) is 0 Å². The minimum atomic E-state index is 0.0462. The summed E-state index contributed by atoms with van der Waals surface area (Å²) in [5.74, 6) is 0.662. The molecule has 3 heterocycles. The third kappa shape index (κ3) is 2.71. The van der Waals surface area contributed by atoms with Gasteiger partial charge >= 0.3 is 0 Å². The molecule has 19 heavy (non-hydrogen) atoms. The summed E-state index contributed by atoms with van der Waals surface area (Å²) in [7, 11) is 0. The van der Waals surface area contributed by atoms with Crippen molar-refractivity contribution in [2.45, 2.75) is 52.5 Å². The molecule has 0 radical (unpaired) electrons. The van der Waals surface area contributed by atoms with Gasteiger partial charge in [0.25, 0.3) is 0 Å². The Hall–Kier alpha value is -0.830. The summed E-state index contributed by atoms with van der Waals surface area (Å²) in [6.45, 7) is 10.1. The summed E-state index contributed by atoms with van der Waals surface area (Å²) < 4.78 is 0. The lowest BCUT2D eigenvalue weighted by Crippen LogP contribution is -2.31. The average Bonchev–Trinajstić information content (AvgIpc) is 3.17. The molecule has 1 aliphatic carbocycles. The van der Waals surface area contributed by atoms with Gasteiger partial charge in [0, 0.05) is 34.9 Å². The second kappa shape index (κ2) is 4.62. The van der Waals surface area contributed by atoms with E-state index in [0.717, 1.165) is 12.2 Å². The molecular weight excluding hydrogens is 234 g/mol. The van der Waals surface area contributed by atoms with Crippen LogP contribution in [0.2, 0.25) is 0 Å². The largest absolute Gasteiger partial charge is 0.401 e. The van der Waals surface area contributed by atoms with E-state index in [1.807, 2.05) is 0 Å². The van der Waals surface area contributed by atoms with Gasteiger partial charge in [0.05, 0.1) is 6.04 Å². The van der Waals surface area contributed by atoms with Crippen LogP contribution in [-0.2, 0) is 0 Å². The summed E-state index contributed by atoms with van der Waals surface area (Å²) in [6.07, 6.45) is 5.10. The SMILES string of the molecule is CC(C)(C)/C(N)=C1\CN2CCC(CC2)C1=NC1CC1. The number of allylic oxidation sites excluding steroid dienone is 1. The van der Waals surface area contributed by atoms with Crippen molar-refractivity contribution in [3.63, 3.8) is 0 Å². The Morgan fingerprint density at radius 2 is 1.79 bits per heavy atom. The van der Waals surface area contributed by atoms with E-state index in [1.165, 1.54) is 50.1 Å². The normalized spacial score (nSPS) is 36.5. The number of rotatable bonds is 1. The molecule has 4 aliphatic rings. The molecule has 0 aromatic rings. The molecule has 0 unspecified atom stereocenters. The van der Waals surface area contributed by atoms with Gasteiger partial charge in [-0.1, -0.05) is 20.8 Å². The molecule has 0 spiro atoms. The van der Waals surface area contributed by atoms with Crippen LogP contribution >= 0.6 is 0 Å². The van der Waals surface area contributed by atoms with Gasteiger partial charge in [-0.25, -0.2) is 0 Å². The predicted octanol–water partition coefficient (Wildman–Crippen LogP) is 2.57. The highest BCUT2D eigenvalue weighted by Crippen LogP contribution is 2.35. The van der Waals surface area contributed by atoms with E-state index in [9.17, 15) is 0 Å². The van der Waals surface area contributed by atoms with Crippen LogP contribution in [0, 0.1) is 11.3 Å². The molecule has 0 amide bonds. The molecule has 3 heteroatoms. The number of hydrogen-bond acceptors (Lipinski definition) is 3. The van der Waals surface area contributed by atoms with Crippen LogP contribution in [0.1, 0.15) is 46.5 Å². The van der Waals surface area contributed by atoms with Crippen molar-refractivity contribution in [1.29, 1.82) is 0 Å². The van der Waals surface area contributed by atoms with Crippen molar-refractivity contribution in [2.75, 3.05) is 19.6 Å². The van der Waals surface area contributed by atoms with Crippen LogP contribution in [0.4, 0.5) is 0 Å². The molecule has 1 saturated carbocycles. The minimum absolute atomic E-state index is 0.0462. The zero-order valence-electron chi connectivity index (χ0n) is 12.6. The Bertz CT molecular complexity index is 416. The lowest BCUT2D eigenvalue weighted by atomic mass is 9.84. The van der Waals surface area contributed by atoms with Crippen molar-refractivity contribution in [3.05, 3.63) is 11.3 Å². The zero-order chi connectivity index (χ0) is 13.6. The zero-order valence-corrected chi connectivity index (χ0v) is 12.6. The fourth-order valence-corrected chi connectivity index (χ4v) is 3.17. The number of piperidine rings is 1. The molecule has 0 aromatic heterocycles. The third-order valence-electron chi connectivity index (χ3n) is 4.67. The second-order valence-corrected chi connectivity index (χ2v) is 7.44. The van der Waals surface area contributed by atoms with Crippen molar-refractivity contribution >= 4 is 5.71 Å². The smallest absolute Gasteiger partial charge is 0.0504 e. The van der Waals surface area contributed by atoms with Crippen LogP contribution < -0.4 is 5.73 Å². The van der Waals surface area contributed by atoms with Gasteiger partial charge in [-0.2, -0.15) is 0 Å². The van der Waals surface area contributed by atoms with Crippen molar-refractivity contribution in [3.8, 4) is 0 Å². The maximum Gasteiger partial charge on any atom is 0.0504 e. The fraction of sp³-hybridized carbons (Fsp3) is 0.812. The maximum absolute atomic E-state index is 6.51. The Labute approximate surface area is 117 Å². The van der Waals surface area contributed by atoms with Crippen molar-refractivity contribution < 1.29 is 0 Å². The van der Waals surface area contributed by atoms with Crippen molar-refractivity contribution in [1.82, 2.24) is 4.90 Å². The number of fused-ring (bicyclic) bond motifs is 4. The second-order valence-electron chi connectivity index (χ2n) is 7.44. The van der Waals surface area contributed by atoms with E-state index in [4.69, 9.17) is 10.7 Å². The van der Waals surface area contributed by atoms with Gasteiger partial charge in [-0.05, 0) is 38.8 Å². The highest BCUT2D eigenvalue weighted by molar-refractivity contribution is 6.03. The monoisotopic (exact) mass is 261 g/mol. The van der Waals surface area contributed by atoms with E-state index in [1.54, 1.807) is 0 Å². The first kappa shape index (κ1) is 13.2. The van der Waals surface area contributed by atoms with Crippen LogP contribution in [0.25, 0.3) is 0 Å². The summed E-state index contributed by atoms with van der Waals surface area (Å²) >= 11 is 0. The molecular formula is C16H27N3. The molecule has 3 nitrogen and oxygen atoms in total. The van der Waals surface area contributed by atoms with Gasteiger partial charge in [0.2, 0.25) is 0 Å². The van der Waals surface area contributed by atoms with E-state index in [0.29, 0.717) is 12.0 Å². The molecule has 0 aromatic carbocycles. The number of aliphatic imine (C=N–C) groups is 1. The van der Waals surface area contributed by atoms with E-state index < -0.39 is 0 Å². The minimum Gasteiger partial charge on any atom is -0.401 e. The average molecular weight is 261 g/mol. The number of nitrogens with zero attached hydrogens (tertiary/aromatic N) is 2. The van der Waals surface area contributed by atoms with Gasteiger partial charge in [-0.3, -0.25) is 9.89 Å². The molecule has 3 saturated heterocycles. The Balaban J connectivity index is 2.03. The summed E-state index contributed by atoms with van der Waals surface area (Å²) in [4.78, 5) is 7.61. The molecule has 2 N–H and O–H groups in total. The summed E-state index contributed by atoms with van der Waals surface area (Å²) in [5, 5.41) is 0. The van der Waals surface area contributed by atoms with E-state index in [-0.39, 0.29) is 5.41 Å². The predicted molar refractivity (Wildman–Crippen MR) is 80.3 cm³/mol. The third-order valence-corrected chi connectivity index (χ3v) is 4.67. The molecule has 3 aliphatic heterocycles. The summed E-state index contributed by atoms with van der Waals surface area (Å²) in [6, 6.07) is 0.602. The van der Waals surface area contributed by atoms with Gasteiger partial charge in [0.15, 0.2) is 0 Å². The lowest BCUT2D eigenvalue weighted by Gasteiger charge is -2.25. The lowest BCUT2D eigenvalue weighted by molar-refractivity contribution is 0.239. The fourth-order valence-electron chi connectivity index (χ4n) is 3.17. The molecule has 106 valence electrons. The first-order chi connectivity index (χ1) is 8.95. The summed E-state index contributed by atoms with van der Waals surface area (Å²) in [5.41, 5.74) is 10.3. The van der Waals surface area contributed by atoms with Gasteiger partial charge < -0.3 is 5.73 Å². The highest BCUT2D eigenvalue weighted by Gasteiger charge is 2.35. The Morgan fingerprint density at radius 1 is 1.16 bits per heavy atom. The molecule has 2 bridgehead atoms. The van der Waals surface area contributed by atoms with E-state index in [2.05, 4.69) is 25.7 Å². The van der Waals surface area contributed by atoms with Gasteiger partial charge in [0.1, 0.15) is 0 Å². The Kier molecular flexibility index (Phi) is 3.20. The first-order valence-corrected chi connectivity index (χ1v) is 7.74. The topological polar surface area (TPSA) is 41.6 Å². The van der Waals surface area contributed by atoms with Crippen LogP contribution in [0.3, 0.4) is 0 Å². The number of hydrogen-bond donors (Lipinski definition) is 1. The van der Waals surface area contributed by atoms with E-state index >= 15 is 0 Å². The van der Waals surface area contributed by atoms with Crippen LogP contribution in [-0.4, -0.2) is 36.3 Å². The molecule has 4 rings (SSSR count). The maximum atomic E-state index is 6.51. The number of nitrogens with two attached hydrogens (primary N) is 1.